The van der Waals surface area contributed by atoms with Gasteiger partial charge in [0.15, 0.2) is 0 Å². The molecule has 0 aliphatic rings. The third kappa shape index (κ3) is 11.8. The Bertz CT molecular complexity index is 701. The number of aliphatic carboxylic acids is 1. The molecule has 0 spiro atoms. The Morgan fingerprint density at radius 2 is 1.38 bits per heavy atom. The molecule has 0 saturated heterocycles. The molecule has 14 heteroatoms. The third-order valence-electron chi connectivity index (χ3n) is 4.39. The Balaban J connectivity index is 5.35. The number of rotatable bonds is 16. The van der Waals surface area contributed by atoms with Crippen molar-refractivity contribution in [1.82, 2.24) is 16.0 Å². The number of nitrogens with two attached hydrogens (primary N) is 4. The van der Waals surface area contributed by atoms with E-state index in [0.29, 0.717) is 25.8 Å². The lowest BCUT2D eigenvalue weighted by molar-refractivity contribution is -0.142. The fraction of sp³-hybridized carbons (Fsp3) is 0.667. The molecule has 0 aromatic carbocycles. The predicted molar refractivity (Wildman–Crippen MR) is 112 cm³/mol. The SMILES string of the molecule is CC(NC(=O)C(CC(N)=O)NC(=O)C(CCC(N)=O)NC(=O)C(N)CCCCN)C(=O)O. The zero-order valence-corrected chi connectivity index (χ0v) is 18.0. The molecular weight excluding hydrogens is 426 g/mol. The van der Waals surface area contributed by atoms with Crippen LogP contribution in [0.2, 0.25) is 0 Å². The van der Waals surface area contributed by atoms with Gasteiger partial charge in [-0.15, -0.1) is 0 Å². The van der Waals surface area contributed by atoms with Gasteiger partial charge in [-0.2, -0.15) is 0 Å². The molecule has 4 unspecified atom stereocenters. The number of hydrogen-bond acceptors (Lipinski definition) is 8. The number of primary amides is 2. The van der Waals surface area contributed by atoms with E-state index in [-0.39, 0.29) is 12.8 Å². The zero-order valence-electron chi connectivity index (χ0n) is 18.0. The molecule has 0 bridgehead atoms. The maximum atomic E-state index is 12.7. The molecule has 0 radical (unpaired) electrons. The van der Waals surface area contributed by atoms with Crippen LogP contribution in [0.25, 0.3) is 0 Å². The molecule has 182 valence electrons. The molecule has 5 amide bonds. The molecule has 0 heterocycles. The summed E-state index contributed by atoms with van der Waals surface area (Å²) >= 11 is 0. The van der Waals surface area contributed by atoms with Crippen LogP contribution in [0.4, 0.5) is 0 Å². The van der Waals surface area contributed by atoms with Crippen molar-refractivity contribution in [3.05, 3.63) is 0 Å². The number of hydrogen-bond donors (Lipinski definition) is 8. The number of carboxylic acids is 1. The smallest absolute Gasteiger partial charge is 0.325 e. The maximum absolute atomic E-state index is 12.7. The molecule has 32 heavy (non-hydrogen) atoms. The van der Waals surface area contributed by atoms with E-state index in [9.17, 15) is 28.8 Å². The summed E-state index contributed by atoms with van der Waals surface area (Å²) in [5.74, 6) is -5.54. The topological polar surface area (TPSA) is 263 Å². The predicted octanol–water partition coefficient (Wildman–Crippen LogP) is -3.86. The van der Waals surface area contributed by atoms with Crippen molar-refractivity contribution in [3.63, 3.8) is 0 Å². The second kappa shape index (κ2) is 14.7. The monoisotopic (exact) mass is 459 g/mol. The average molecular weight is 460 g/mol. The number of carboxylic acid groups (broad SMARTS) is 1. The largest absolute Gasteiger partial charge is 0.480 e. The van der Waals surface area contributed by atoms with Crippen LogP contribution >= 0.6 is 0 Å². The maximum Gasteiger partial charge on any atom is 0.325 e. The van der Waals surface area contributed by atoms with Gasteiger partial charge >= 0.3 is 5.97 Å². The molecule has 14 nitrogen and oxygen atoms in total. The van der Waals surface area contributed by atoms with Gasteiger partial charge in [0.2, 0.25) is 29.5 Å². The minimum Gasteiger partial charge on any atom is -0.480 e. The first-order valence-corrected chi connectivity index (χ1v) is 10.0. The van der Waals surface area contributed by atoms with Crippen molar-refractivity contribution < 1.29 is 33.9 Å². The Hall–Kier alpha value is -3.26. The lowest BCUT2D eigenvalue weighted by atomic mass is 10.1. The van der Waals surface area contributed by atoms with E-state index in [2.05, 4.69) is 16.0 Å². The molecule has 0 aliphatic heterocycles. The van der Waals surface area contributed by atoms with Gasteiger partial charge in [0.05, 0.1) is 12.5 Å². The molecule has 0 aliphatic carbocycles. The zero-order chi connectivity index (χ0) is 24.8. The van der Waals surface area contributed by atoms with Crippen molar-refractivity contribution in [3.8, 4) is 0 Å². The van der Waals surface area contributed by atoms with E-state index in [4.69, 9.17) is 28.0 Å². The molecule has 0 aromatic heterocycles. The summed E-state index contributed by atoms with van der Waals surface area (Å²) in [5, 5.41) is 15.7. The second-order valence-electron chi connectivity index (χ2n) is 7.26. The fourth-order valence-electron chi connectivity index (χ4n) is 2.53. The first-order valence-electron chi connectivity index (χ1n) is 10.0. The summed E-state index contributed by atoms with van der Waals surface area (Å²) in [7, 11) is 0. The highest BCUT2D eigenvalue weighted by Crippen LogP contribution is 2.04. The summed E-state index contributed by atoms with van der Waals surface area (Å²) in [6.45, 7) is 1.62. The fourth-order valence-corrected chi connectivity index (χ4v) is 2.53. The number of nitrogens with one attached hydrogen (secondary N) is 3. The number of carbonyl (C=O) groups excluding carboxylic acids is 5. The van der Waals surface area contributed by atoms with E-state index >= 15 is 0 Å². The molecule has 0 saturated carbocycles. The van der Waals surface area contributed by atoms with E-state index in [1.807, 2.05) is 0 Å². The van der Waals surface area contributed by atoms with Gasteiger partial charge < -0.3 is 44.0 Å². The molecule has 0 fully saturated rings. The van der Waals surface area contributed by atoms with Gasteiger partial charge in [-0.3, -0.25) is 28.8 Å². The molecule has 0 aromatic rings. The van der Waals surface area contributed by atoms with Crippen LogP contribution in [0.3, 0.4) is 0 Å². The van der Waals surface area contributed by atoms with Crippen molar-refractivity contribution in [2.24, 2.45) is 22.9 Å². The Morgan fingerprint density at radius 3 is 1.88 bits per heavy atom. The summed E-state index contributed by atoms with van der Waals surface area (Å²) in [5.41, 5.74) is 21.4. The lowest BCUT2D eigenvalue weighted by Gasteiger charge is -2.24. The number of unbranched alkanes of at least 4 members (excludes halogenated alkanes) is 1. The Morgan fingerprint density at radius 1 is 0.812 bits per heavy atom. The van der Waals surface area contributed by atoms with Crippen LogP contribution in [0, 0.1) is 0 Å². The van der Waals surface area contributed by atoms with Crippen molar-refractivity contribution in [2.75, 3.05) is 6.54 Å². The highest BCUT2D eigenvalue weighted by atomic mass is 16.4. The van der Waals surface area contributed by atoms with Gasteiger partial charge in [-0.05, 0) is 32.7 Å². The van der Waals surface area contributed by atoms with Gasteiger partial charge in [0.25, 0.3) is 0 Å². The quantitative estimate of drug-likeness (QED) is 0.105. The van der Waals surface area contributed by atoms with Gasteiger partial charge in [-0.1, -0.05) is 6.42 Å². The molecule has 12 N–H and O–H groups in total. The summed E-state index contributed by atoms with van der Waals surface area (Å²) < 4.78 is 0. The summed E-state index contributed by atoms with van der Waals surface area (Å²) in [4.78, 5) is 70.7. The number of amides is 5. The van der Waals surface area contributed by atoms with E-state index in [0.717, 1.165) is 0 Å². The average Bonchev–Trinajstić information content (AvgIpc) is 2.69. The molecule has 4 atom stereocenters. The van der Waals surface area contributed by atoms with Crippen LogP contribution in [0.1, 0.15) is 45.4 Å². The molecule has 0 rings (SSSR count). The Labute approximate surface area is 185 Å². The third-order valence-corrected chi connectivity index (χ3v) is 4.39. The highest BCUT2D eigenvalue weighted by molar-refractivity contribution is 5.96. The van der Waals surface area contributed by atoms with Gasteiger partial charge in [-0.25, -0.2) is 0 Å². The van der Waals surface area contributed by atoms with Crippen molar-refractivity contribution >= 4 is 35.5 Å². The van der Waals surface area contributed by atoms with Crippen LogP contribution < -0.4 is 38.9 Å². The van der Waals surface area contributed by atoms with Crippen LogP contribution in [-0.4, -0.2) is 71.3 Å². The van der Waals surface area contributed by atoms with Gasteiger partial charge in [0.1, 0.15) is 18.1 Å². The highest BCUT2D eigenvalue weighted by Gasteiger charge is 2.30. The normalized spacial score (nSPS) is 14.3. The van der Waals surface area contributed by atoms with Gasteiger partial charge in [0, 0.05) is 6.42 Å². The minimum atomic E-state index is -1.51. The van der Waals surface area contributed by atoms with Crippen molar-refractivity contribution in [1.29, 1.82) is 0 Å². The molecular formula is C18H33N7O7. The summed E-state index contributed by atoms with van der Waals surface area (Å²) in [6, 6.07) is -5.04. The van der Waals surface area contributed by atoms with Crippen LogP contribution in [-0.2, 0) is 28.8 Å². The van der Waals surface area contributed by atoms with E-state index < -0.39 is 66.1 Å². The van der Waals surface area contributed by atoms with Crippen molar-refractivity contribution in [2.45, 2.75) is 69.6 Å². The lowest BCUT2D eigenvalue weighted by Crippen LogP contribution is -2.57. The first kappa shape index (κ1) is 28.7. The van der Waals surface area contributed by atoms with Crippen LogP contribution in [0.15, 0.2) is 0 Å². The minimum absolute atomic E-state index is 0.196. The van der Waals surface area contributed by atoms with E-state index in [1.165, 1.54) is 6.92 Å². The Kier molecular flexibility index (Phi) is 13.2. The summed E-state index contributed by atoms with van der Waals surface area (Å²) in [6.07, 6.45) is 0.478. The second-order valence-corrected chi connectivity index (χ2v) is 7.26. The number of carbonyl (C=O) groups is 6. The first-order chi connectivity index (χ1) is 14.9. The van der Waals surface area contributed by atoms with E-state index in [1.54, 1.807) is 0 Å². The van der Waals surface area contributed by atoms with Crippen LogP contribution in [0.5, 0.6) is 0 Å². The standard InChI is InChI=1S/C18H33N7O7/c1-9(18(31)32)23-17(30)12(8-14(22)27)25-16(29)11(5-6-13(21)26)24-15(28)10(20)4-2-3-7-19/h9-12H,2-8,19-20H2,1H3,(H2,21,26)(H2,22,27)(H,23,30)(H,24,28)(H,25,29)(H,31,32).